The SMILES string of the molecule is CCNc1ccc(C(=O)C2CCCc3nc(NC(=O)NC)sc3C2=O)cn1. The predicted molar refractivity (Wildman–Crippen MR) is 104 cm³/mol. The summed E-state index contributed by atoms with van der Waals surface area (Å²) in [6.45, 7) is 2.70. The van der Waals surface area contributed by atoms with Gasteiger partial charge in [0.1, 0.15) is 5.82 Å². The zero-order chi connectivity index (χ0) is 19.4. The van der Waals surface area contributed by atoms with Crippen LogP contribution >= 0.6 is 11.3 Å². The number of nitrogens with zero attached hydrogens (tertiary/aromatic N) is 2. The number of thiazole rings is 1. The molecule has 0 aromatic carbocycles. The monoisotopic (exact) mass is 387 g/mol. The van der Waals surface area contributed by atoms with Crippen LogP contribution in [0, 0.1) is 5.92 Å². The van der Waals surface area contributed by atoms with E-state index < -0.39 is 11.9 Å². The molecule has 9 heteroatoms. The van der Waals surface area contributed by atoms with Gasteiger partial charge in [-0.05, 0) is 38.3 Å². The summed E-state index contributed by atoms with van der Waals surface area (Å²) in [5.41, 5.74) is 1.07. The lowest BCUT2D eigenvalue weighted by Gasteiger charge is -2.12. The van der Waals surface area contributed by atoms with E-state index in [2.05, 4.69) is 25.9 Å². The number of amides is 2. The van der Waals surface area contributed by atoms with Gasteiger partial charge in [-0.1, -0.05) is 11.3 Å². The smallest absolute Gasteiger partial charge is 0.320 e. The first-order valence-corrected chi connectivity index (χ1v) is 9.62. The molecule has 3 rings (SSSR count). The molecule has 0 radical (unpaired) electrons. The number of ketones is 2. The lowest BCUT2D eigenvalue weighted by molar-refractivity contribution is 0.0803. The molecule has 1 atom stereocenters. The summed E-state index contributed by atoms with van der Waals surface area (Å²) in [7, 11) is 1.50. The second kappa shape index (κ2) is 8.26. The van der Waals surface area contributed by atoms with Gasteiger partial charge in [0.15, 0.2) is 16.7 Å². The third-order valence-electron chi connectivity index (χ3n) is 4.31. The molecule has 1 aliphatic carbocycles. The molecule has 2 amide bonds. The molecule has 0 aliphatic heterocycles. The lowest BCUT2D eigenvalue weighted by atomic mass is 9.91. The van der Waals surface area contributed by atoms with Crippen molar-refractivity contribution >= 4 is 39.9 Å². The minimum Gasteiger partial charge on any atom is -0.370 e. The normalized spacial score (nSPS) is 16.2. The molecule has 0 fully saturated rings. The van der Waals surface area contributed by atoms with Crippen molar-refractivity contribution in [2.24, 2.45) is 5.92 Å². The highest BCUT2D eigenvalue weighted by Gasteiger charge is 2.34. The van der Waals surface area contributed by atoms with Gasteiger partial charge in [-0.25, -0.2) is 14.8 Å². The highest BCUT2D eigenvalue weighted by molar-refractivity contribution is 7.17. The van der Waals surface area contributed by atoms with Crippen molar-refractivity contribution < 1.29 is 14.4 Å². The Bertz CT molecular complexity index is 862. The summed E-state index contributed by atoms with van der Waals surface area (Å²) < 4.78 is 0. The zero-order valence-electron chi connectivity index (χ0n) is 15.2. The number of carbonyl (C=O) groups excluding carboxylic acids is 3. The van der Waals surface area contributed by atoms with E-state index in [0.29, 0.717) is 46.3 Å². The van der Waals surface area contributed by atoms with Crippen LogP contribution in [0.2, 0.25) is 0 Å². The molecule has 8 nitrogen and oxygen atoms in total. The molecule has 142 valence electrons. The quantitative estimate of drug-likeness (QED) is 0.413. The summed E-state index contributed by atoms with van der Waals surface area (Å²) >= 11 is 1.12. The topological polar surface area (TPSA) is 113 Å². The van der Waals surface area contributed by atoms with Crippen molar-refractivity contribution in [2.45, 2.75) is 26.2 Å². The minimum atomic E-state index is -0.744. The number of carbonyl (C=O) groups is 3. The van der Waals surface area contributed by atoms with Crippen LogP contribution in [0.5, 0.6) is 0 Å². The predicted octanol–water partition coefficient (Wildman–Crippen LogP) is 2.74. The highest BCUT2D eigenvalue weighted by atomic mass is 32.1. The van der Waals surface area contributed by atoms with E-state index in [9.17, 15) is 14.4 Å². The Labute approximate surface area is 160 Å². The highest BCUT2D eigenvalue weighted by Crippen LogP contribution is 2.32. The molecule has 0 bridgehead atoms. The number of anilines is 2. The Morgan fingerprint density at radius 1 is 1.33 bits per heavy atom. The van der Waals surface area contributed by atoms with E-state index >= 15 is 0 Å². The molecule has 0 spiro atoms. The maximum atomic E-state index is 13.0. The summed E-state index contributed by atoms with van der Waals surface area (Å²) in [6.07, 6.45) is 3.27. The van der Waals surface area contributed by atoms with Gasteiger partial charge >= 0.3 is 6.03 Å². The number of aromatic nitrogens is 2. The fourth-order valence-corrected chi connectivity index (χ4v) is 3.97. The van der Waals surface area contributed by atoms with E-state index in [4.69, 9.17) is 0 Å². The van der Waals surface area contributed by atoms with Gasteiger partial charge < -0.3 is 10.6 Å². The minimum absolute atomic E-state index is 0.224. The molecule has 0 saturated carbocycles. The standard InChI is InChI=1S/C18H21N5O3S/c1-3-20-13-8-7-10(9-21-13)14(24)11-5-4-6-12-16(15(11)25)27-18(22-12)23-17(26)19-2/h7-9,11H,3-6H2,1-2H3,(H,20,21)(H2,19,22,23,26). The summed E-state index contributed by atoms with van der Waals surface area (Å²) in [5.74, 6) is -0.509. The maximum absolute atomic E-state index is 13.0. The first-order chi connectivity index (χ1) is 13.0. The molecule has 3 N–H and O–H groups in total. The second-order valence-corrected chi connectivity index (χ2v) is 7.13. The molecular formula is C18H21N5O3S. The van der Waals surface area contributed by atoms with E-state index in [-0.39, 0.29) is 11.6 Å². The first-order valence-electron chi connectivity index (χ1n) is 8.80. The molecule has 27 heavy (non-hydrogen) atoms. The number of hydrogen-bond acceptors (Lipinski definition) is 7. The molecule has 2 aromatic rings. The number of fused-ring (bicyclic) bond motifs is 1. The van der Waals surface area contributed by atoms with Gasteiger partial charge in [0.2, 0.25) is 0 Å². The second-order valence-electron chi connectivity index (χ2n) is 6.13. The Balaban J connectivity index is 1.81. The van der Waals surface area contributed by atoms with Crippen LogP contribution in [0.25, 0.3) is 0 Å². The van der Waals surface area contributed by atoms with Crippen molar-refractivity contribution in [3.8, 4) is 0 Å². The van der Waals surface area contributed by atoms with Crippen LogP contribution in [0.4, 0.5) is 15.7 Å². The fraction of sp³-hybridized carbons (Fsp3) is 0.389. The number of aryl methyl sites for hydroxylation is 1. The number of rotatable bonds is 5. The van der Waals surface area contributed by atoms with E-state index in [1.165, 1.54) is 13.2 Å². The van der Waals surface area contributed by atoms with Crippen molar-refractivity contribution in [3.63, 3.8) is 0 Å². The van der Waals surface area contributed by atoms with Crippen LogP contribution in [-0.4, -0.2) is 41.2 Å². The summed E-state index contributed by atoms with van der Waals surface area (Å²) in [5, 5.41) is 8.46. The zero-order valence-corrected chi connectivity index (χ0v) is 16.0. The van der Waals surface area contributed by atoms with Crippen LogP contribution in [0.1, 0.15) is 45.5 Å². The van der Waals surface area contributed by atoms with E-state index in [1.54, 1.807) is 12.1 Å². The largest absolute Gasteiger partial charge is 0.370 e. The molecule has 0 saturated heterocycles. The fourth-order valence-electron chi connectivity index (χ4n) is 2.97. The summed E-state index contributed by atoms with van der Waals surface area (Å²) in [4.78, 5) is 46.4. The van der Waals surface area contributed by atoms with Crippen molar-refractivity contribution in [3.05, 3.63) is 34.5 Å². The Hall–Kier alpha value is -2.81. The summed E-state index contributed by atoms with van der Waals surface area (Å²) in [6, 6.07) is 3.03. The molecule has 2 heterocycles. The van der Waals surface area contributed by atoms with E-state index in [0.717, 1.165) is 17.9 Å². The van der Waals surface area contributed by atoms with Crippen LogP contribution in [-0.2, 0) is 6.42 Å². The molecule has 1 aliphatic rings. The average Bonchev–Trinajstić information content (AvgIpc) is 3.00. The number of Topliss-reactive ketones (excluding diaryl/α,β-unsaturated/α-hetero) is 2. The van der Waals surface area contributed by atoms with Gasteiger partial charge in [-0.15, -0.1) is 0 Å². The molecule has 1 unspecified atom stereocenters. The Morgan fingerprint density at radius 3 is 2.81 bits per heavy atom. The molecule has 2 aromatic heterocycles. The Kier molecular flexibility index (Phi) is 5.80. The lowest BCUT2D eigenvalue weighted by Crippen LogP contribution is -2.24. The average molecular weight is 387 g/mol. The van der Waals surface area contributed by atoms with Gasteiger partial charge in [0.25, 0.3) is 0 Å². The number of nitrogens with one attached hydrogen (secondary N) is 3. The number of pyridine rings is 1. The maximum Gasteiger partial charge on any atom is 0.320 e. The van der Waals surface area contributed by atoms with Gasteiger partial charge in [0, 0.05) is 25.4 Å². The number of urea groups is 1. The van der Waals surface area contributed by atoms with Crippen LogP contribution < -0.4 is 16.0 Å². The van der Waals surface area contributed by atoms with Crippen LogP contribution in [0.3, 0.4) is 0 Å². The Morgan fingerprint density at radius 2 is 2.15 bits per heavy atom. The van der Waals surface area contributed by atoms with E-state index in [1.807, 2.05) is 6.92 Å². The van der Waals surface area contributed by atoms with Crippen molar-refractivity contribution in [1.82, 2.24) is 15.3 Å². The third kappa shape index (κ3) is 4.13. The van der Waals surface area contributed by atoms with Crippen molar-refractivity contribution in [1.29, 1.82) is 0 Å². The van der Waals surface area contributed by atoms with Crippen LogP contribution in [0.15, 0.2) is 18.3 Å². The first kappa shape index (κ1) is 19.0. The van der Waals surface area contributed by atoms with Gasteiger partial charge in [-0.2, -0.15) is 0 Å². The number of hydrogen-bond donors (Lipinski definition) is 3. The van der Waals surface area contributed by atoms with Crippen molar-refractivity contribution in [2.75, 3.05) is 24.2 Å². The van der Waals surface area contributed by atoms with Gasteiger partial charge in [-0.3, -0.25) is 14.9 Å². The molecular weight excluding hydrogens is 366 g/mol. The van der Waals surface area contributed by atoms with Gasteiger partial charge in [0.05, 0.1) is 16.5 Å². The third-order valence-corrected chi connectivity index (χ3v) is 5.34.